The molecule has 0 aromatic carbocycles. The van der Waals surface area contributed by atoms with Gasteiger partial charge in [0.15, 0.2) is 0 Å². The summed E-state index contributed by atoms with van der Waals surface area (Å²) in [6, 6.07) is 0. The SMILES string of the molecule is CCn1c(Cl)nnc1C12CCC(CC1)CC2. The van der Waals surface area contributed by atoms with Crippen molar-refractivity contribution in [2.45, 2.75) is 57.4 Å². The molecule has 1 aromatic rings. The van der Waals surface area contributed by atoms with Crippen molar-refractivity contribution < 1.29 is 0 Å². The van der Waals surface area contributed by atoms with Gasteiger partial charge in [0.25, 0.3) is 0 Å². The van der Waals surface area contributed by atoms with Crippen LogP contribution < -0.4 is 0 Å². The highest BCUT2D eigenvalue weighted by atomic mass is 35.5. The van der Waals surface area contributed by atoms with E-state index in [2.05, 4.69) is 21.7 Å². The van der Waals surface area contributed by atoms with Crippen LogP contribution in [0.5, 0.6) is 0 Å². The van der Waals surface area contributed by atoms with Crippen molar-refractivity contribution in [3.63, 3.8) is 0 Å². The van der Waals surface area contributed by atoms with Crippen molar-refractivity contribution in [2.75, 3.05) is 0 Å². The van der Waals surface area contributed by atoms with Crippen LogP contribution in [0.15, 0.2) is 0 Å². The zero-order chi connectivity index (χ0) is 11.2. The van der Waals surface area contributed by atoms with Crippen LogP contribution in [0.25, 0.3) is 0 Å². The minimum atomic E-state index is 0.297. The molecule has 3 fully saturated rings. The molecule has 0 atom stereocenters. The molecular weight excluding hydrogens is 222 g/mol. The fourth-order valence-electron chi connectivity index (χ4n) is 3.54. The van der Waals surface area contributed by atoms with E-state index in [1.54, 1.807) is 0 Å². The average Bonchev–Trinajstić information content (AvgIpc) is 2.73. The summed E-state index contributed by atoms with van der Waals surface area (Å²) in [7, 11) is 0. The summed E-state index contributed by atoms with van der Waals surface area (Å²) in [5, 5.41) is 8.97. The molecule has 3 nitrogen and oxygen atoms in total. The number of hydrogen-bond donors (Lipinski definition) is 0. The van der Waals surface area contributed by atoms with Crippen LogP contribution in [-0.4, -0.2) is 14.8 Å². The maximum Gasteiger partial charge on any atom is 0.225 e. The Morgan fingerprint density at radius 3 is 2.44 bits per heavy atom. The normalized spacial score (nSPS) is 33.2. The van der Waals surface area contributed by atoms with E-state index in [0.717, 1.165) is 18.3 Å². The molecule has 1 heterocycles. The first-order valence-corrected chi connectivity index (χ1v) is 6.72. The van der Waals surface area contributed by atoms with E-state index in [-0.39, 0.29) is 0 Å². The van der Waals surface area contributed by atoms with Gasteiger partial charge in [0.05, 0.1) is 0 Å². The predicted molar refractivity (Wildman–Crippen MR) is 63.6 cm³/mol. The van der Waals surface area contributed by atoms with Gasteiger partial charge in [-0.3, -0.25) is 0 Å². The molecule has 2 bridgehead atoms. The minimum Gasteiger partial charge on any atom is -0.302 e. The Morgan fingerprint density at radius 2 is 1.88 bits per heavy atom. The number of nitrogens with zero attached hydrogens (tertiary/aromatic N) is 3. The summed E-state index contributed by atoms with van der Waals surface area (Å²) in [6.45, 7) is 3.00. The number of rotatable bonds is 2. The molecule has 0 aliphatic heterocycles. The van der Waals surface area contributed by atoms with Crippen molar-refractivity contribution in [1.29, 1.82) is 0 Å². The predicted octanol–water partition coefficient (Wildman–Crippen LogP) is 3.17. The Balaban J connectivity index is 2.01. The lowest BCUT2D eigenvalue weighted by atomic mass is 9.60. The number of fused-ring (bicyclic) bond motifs is 3. The lowest BCUT2D eigenvalue weighted by Crippen LogP contribution is -2.39. The molecule has 0 radical (unpaired) electrons. The largest absolute Gasteiger partial charge is 0.302 e. The maximum atomic E-state index is 6.09. The molecule has 4 heteroatoms. The van der Waals surface area contributed by atoms with E-state index in [1.165, 1.54) is 38.5 Å². The smallest absolute Gasteiger partial charge is 0.225 e. The molecule has 0 N–H and O–H groups in total. The molecule has 4 rings (SSSR count). The molecule has 3 saturated carbocycles. The first-order valence-electron chi connectivity index (χ1n) is 6.34. The van der Waals surface area contributed by atoms with Gasteiger partial charge in [-0.15, -0.1) is 10.2 Å². The highest BCUT2D eigenvalue weighted by molar-refractivity contribution is 6.28. The molecule has 1 aromatic heterocycles. The second-order valence-corrected chi connectivity index (χ2v) is 5.64. The third-order valence-electron chi connectivity index (χ3n) is 4.59. The highest BCUT2D eigenvalue weighted by Crippen LogP contribution is 2.51. The van der Waals surface area contributed by atoms with Gasteiger partial charge < -0.3 is 4.57 Å². The summed E-state index contributed by atoms with van der Waals surface area (Å²) in [5.41, 5.74) is 0.297. The molecule has 0 saturated heterocycles. The first-order chi connectivity index (χ1) is 7.75. The minimum absolute atomic E-state index is 0.297. The Labute approximate surface area is 101 Å². The summed E-state index contributed by atoms with van der Waals surface area (Å²) >= 11 is 6.09. The molecule has 88 valence electrons. The van der Waals surface area contributed by atoms with Crippen LogP contribution in [0.2, 0.25) is 5.28 Å². The average molecular weight is 240 g/mol. The quantitative estimate of drug-likeness (QED) is 0.794. The lowest BCUT2D eigenvalue weighted by molar-refractivity contribution is 0.124. The van der Waals surface area contributed by atoms with Gasteiger partial charge in [-0.25, -0.2) is 0 Å². The standard InChI is InChI=1S/C12H18ClN3/c1-2-16-10(14-15-11(16)13)12-6-3-9(4-7-12)5-8-12/h9H,2-8H2,1H3. The van der Waals surface area contributed by atoms with E-state index in [0.29, 0.717) is 10.7 Å². The Bertz CT molecular complexity index is 377. The third-order valence-corrected chi connectivity index (χ3v) is 4.87. The van der Waals surface area contributed by atoms with Gasteiger partial charge in [0.2, 0.25) is 5.28 Å². The van der Waals surface area contributed by atoms with Crippen molar-refractivity contribution in [2.24, 2.45) is 5.92 Å². The van der Waals surface area contributed by atoms with Crippen molar-refractivity contribution >= 4 is 11.6 Å². The van der Waals surface area contributed by atoms with E-state index in [9.17, 15) is 0 Å². The van der Waals surface area contributed by atoms with Crippen LogP contribution in [0.4, 0.5) is 0 Å². The second kappa shape index (κ2) is 3.73. The van der Waals surface area contributed by atoms with E-state index >= 15 is 0 Å². The Morgan fingerprint density at radius 1 is 1.25 bits per heavy atom. The monoisotopic (exact) mass is 239 g/mol. The summed E-state index contributed by atoms with van der Waals surface area (Å²) in [4.78, 5) is 0. The lowest BCUT2D eigenvalue weighted by Gasteiger charge is -2.45. The van der Waals surface area contributed by atoms with Gasteiger partial charge in [-0.1, -0.05) is 0 Å². The van der Waals surface area contributed by atoms with Gasteiger partial charge in [-0.2, -0.15) is 0 Å². The molecule has 0 amide bonds. The van der Waals surface area contributed by atoms with Gasteiger partial charge >= 0.3 is 0 Å². The number of halogens is 1. The Kier molecular flexibility index (Phi) is 2.46. The number of hydrogen-bond acceptors (Lipinski definition) is 2. The zero-order valence-corrected chi connectivity index (χ0v) is 10.5. The van der Waals surface area contributed by atoms with Gasteiger partial charge in [0, 0.05) is 12.0 Å². The molecule has 3 aliphatic rings. The summed E-state index contributed by atoms with van der Waals surface area (Å²) in [5.74, 6) is 2.13. The van der Waals surface area contributed by atoms with E-state index in [4.69, 9.17) is 11.6 Å². The number of aromatic nitrogens is 3. The molecular formula is C12H18ClN3. The third kappa shape index (κ3) is 1.41. The van der Waals surface area contributed by atoms with Crippen molar-refractivity contribution in [3.05, 3.63) is 11.1 Å². The fraction of sp³-hybridized carbons (Fsp3) is 0.833. The van der Waals surface area contributed by atoms with Crippen LogP contribution in [-0.2, 0) is 12.0 Å². The second-order valence-electron chi connectivity index (χ2n) is 5.30. The van der Waals surface area contributed by atoms with Crippen LogP contribution in [0.3, 0.4) is 0 Å². The maximum absolute atomic E-state index is 6.09. The molecule has 0 unspecified atom stereocenters. The van der Waals surface area contributed by atoms with Gasteiger partial charge in [0.1, 0.15) is 5.82 Å². The van der Waals surface area contributed by atoms with E-state index < -0.39 is 0 Å². The molecule has 16 heavy (non-hydrogen) atoms. The summed E-state index contributed by atoms with van der Waals surface area (Å²) < 4.78 is 2.09. The zero-order valence-electron chi connectivity index (χ0n) is 9.75. The summed E-state index contributed by atoms with van der Waals surface area (Å²) in [6.07, 6.45) is 7.96. The molecule has 0 spiro atoms. The molecule has 3 aliphatic carbocycles. The van der Waals surface area contributed by atoms with Crippen LogP contribution >= 0.6 is 11.6 Å². The van der Waals surface area contributed by atoms with Crippen LogP contribution in [0.1, 0.15) is 51.3 Å². The van der Waals surface area contributed by atoms with Crippen molar-refractivity contribution in [1.82, 2.24) is 14.8 Å². The Hall–Kier alpha value is -0.570. The van der Waals surface area contributed by atoms with Crippen LogP contribution in [0, 0.1) is 5.92 Å². The topological polar surface area (TPSA) is 30.7 Å². The van der Waals surface area contributed by atoms with Gasteiger partial charge in [-0.05, 0) is 63.0 Å². The highest BCUT2D eigenvalue weighted by Gasteiger charge is 2.44. The van der Waals surface area contributed by atoms with E-state index in [1.807, 2.05) is 0 Å². The first kappa shape index (κ1) is 10.6. The van der Waals surface area contributed by atoms with Crippen molar-refractivity contribution in [3.8, 4) is 0 Å². The fourth-order valence-corrected chi connectivity index (χ4v) is 3.78.